The molecule has 32 heavy (non-hydrogen) atoms. The Balaban J connectivity index is 1.90. The first-order valence-corrected chi connectivity index (χ1v) is 10.3. The van der Waals surface area contributed by atoms with Crippen LogP contribution in [0.1, 0.15) is 35.7 Å². The molecule has 0 fully saturated rings. The topological polar surface area (TPSA) is 78.9 Å². The van der Waals surface area contributed by atoms with Gasteiger partial charge in [0.15, 0.2) is 0 Å². The molecule has 0 aliphatic heterocycles. The van der Waals surface area contributed by atoms with Crippen molar-refractivity contribution >= 4 is 27.8 Å². The first-order valence-electron chi connectivity index (χ1n) is 10.3. The van der Waals surface area contributed by atoms with E-state index in [0.717, 1.165) is 49.8 Å². The van der Waals surface area contributed by atoms with E-state index < -0.39 is 5.97 Å². The van der Waals surface area contributed by atoms with Gasteiger partial charge >= 0.3 is 5.97 Å². The number of nitrogens with one attached hydrogen (secondary N) is 1. The SMILES string of the molecule is CC(C)c1c(-c2ccc(C(=O)O)cc2)nc2cc3[nH]ncc3cc2c1-c1cccc(F)c1. The quantitative estimate of drug-likeness (QED) is 0.349. The summed E-state index contributed by atoms with van der Waals surface area (Å²) in [4.78, 5) is 16.3. The maximum absolute atomic E-state index is 14.2. The van der Waals surface area contributed by atoms with Crippen molar-refractivity contribution in [3.63, 3.8) is 0 Å². The lowest BCUT2D eigenvalue weighted by Crippen LogP contribution is -2.02. The molecule has 0 unspecified atom stereocenters. The molecule has 0 bridgehead atoms. The first kappa shape index (κ1) is 19.9. The summed E-state index contributed by atoms with van der Waals surface area (Å²) in [5, 5.41) is 18.3. The minimum atomic E-state index is -0.978. The second-order valence-electron chi connectivity index (χ2n) is 8.12. The maximum Gasteiger partial charge on any atom is 0.335 e. The predicted molar refractivity (Wildman–Crippen MR) is 123 cm³/mol. The molecule has 0 spiro atoms. The van der Waals surface area contributed by atoms with Crippen molar-refractivity contribution in [2.24, 2.45) is 0 Å². The van der Waals surface area contributed by atoms with Crippen molar-refractivity contribution in [3.8, 4) is 22.4 Å². The summed E-state index contributed by atoms with van der Waals surface area (Å²) >= 11 is 0. The molecule has 158 valence electrons. The molecule has 5 rings (SSSR count). The number of benzene rings is 3. The lowest BCUT2D eigenvalue weighted by molar-refractivity contribution is 0.0697. The van der Waals surface area contributed by atoms with E-state index in [0.29, 0.717) is 0 Å². The van der Waals surface area contributed by atoms with Gasteiger partial charge in [0, 0.05) is 16.3 Å². The fourth-order valence-electron chi connectivity index (χ4n) is 4.22. The van der Waals surface area contributed by atoms with E-state index >= 15 is 0 Å². The van der Waals surface area contributed by atoms with E-state index in [2.05, 4.69) is 24.0 Å². The van der Waals surface area contributed by atoms with Crippen LogP contribution in [0.4, 0.5) is 4.39 Å². The Kier molecular flexibility index (Phi) is 4.70. The molecule has 0 saturated carbocycles. The lowest BCUT2D eigenvalue weighted by Gasteiger charge is -2.21. The summed E-state index contributed by atoms with van der Waals surface area (Å²) in [5.74, 6) is -1.20. The molecular formula is C26H20FN3O2. The Morgan fingerprint density at radius 1 is 1.03 bits per heavy atom. The van der Waals surface area contributed by atoms with E-state index in [4.69, 9.17) is 4.98 Å². The molecule has 0 aliphatic rings. The smallest absolute Gasteiger partial charge is 0.335 e. The number of halogens is 1. The summed E-state index contributed by atoms with van der Waals surface area (Å²) in [6, 6.07) is 17.3. The molecule has 2 N–H and O–H groups in total. The van der Waals surface area contributed by atoms with Gasteiger partial charge in [-0.25, -0.2) is 14.2 Å². The van der Waals surface area contributed by atoms with Gasteiger partial charge in [0.2, 0.25) is 0 Å². The highest BCUT2D eigenvalue weighted by molar-refractivity contribution is 6.05. The number of aromatic carboxylic acids is 1. The van der Waals surface area contributed by atoms with Gasteiger partial charge in [0.1, 0.15) is 5.82 Å². The Hall–Kier alpha value is -4.06. The van der Waals surface area contributed by atoms with E-state index in [1.807, 2.05) is 18.2 Å². The molecule has 2 heterocycles. The van der Waals surface area contributed by atoms with Gasteiger partial charge in [-0.3, -0.25) is 5.10 Å². The lowest BCUT2D eigenvalue weighted by atomic mass is 9.86. The van der Waals surface area contributed by atoms with Gasteiger partial charge in [0.05, 0.1) is 28.5 Å². The molecule has 2 aromatic heterocycles. The minimum absolute atomic E-state index is 0.0827. The average Bonchev–Trinajstić information content (AvgIpc) is 3.23. The van der Waals surface area contributed by atoms with Gasteiger partial charge in [-0.15, -0.1) is 0 Å². The fourth-order valence-corrected chi connectivity index (χ4v) is 4.22. The number of nitrogens with zero attached hydrogens (tertiary/aromatic N) is 2. The van der Waals surface area contributed by atoms with Crippen LogP contribution in [0.3, 0.4) is 0 Å². The standard InChI is InChI=1S/C26H20FN3O2/c1-14(2)23-24(17-4-3-5-19(27)10-17)20-11-18-13-28-30-21(18)12-22(20)29-25(23)15-6-8-16(9-7-15)26(31)32/h3-14H,1-2H3,(H,28,30)(H,31,32). The van der Waals surface area contributed by atoms with E-state index in [1.165, 1.54) is 12.1 Å². The van der Waals surface area contributed by atoms with Gasteiger partial charge in [0.25, 0.3) is 0 Å². The third kappa shape index (κ3) is 3.30. The van der Waals surface area contributed by atoms with Gasteiger partial charge < -0.3 is 5.11 Å². The van der Waals surface area contributed by atoms with Crippen LogP contribution in [-0.4, -0.2) is 26.3 Å². The normalized spacial score (nSPS) is 11.5. The number of rotatable bonds is 4. The highest BCUT2D eigenvalue weighted by Gasteiger charge is 2.21. The second-order valence-corrected chi connectivity index (χ2v) is 8.12. The molecule has 3 aromatic carbocycles. The van der Waals surface area contributed by atoms with Crippen LogP contribution >= 0.6 is 0 Å². The molecule has 6 heteroatoms. The third-order valence-electron chi connectivity index (χ3n) is 5.68. The molecule has 0 aliphatic carbocycles. The van der Waals surface area contributed by atoms with Crippen molar-refractivity contribution in [1.82, 2.24) is 15.2 Å². The van der Waals surface area contributed by atoms with E-state index in [-0.39, 0.29) is 17.3 Å². The molecule has 0 saturated heterocycles. The predicted octanol–water partition coefficient (Wildman–Crippen LogP) is 6.41. The number of carboxylic acid groups (broad SMARTS) is 1. The zero-order chi connectivity index (χ0) is 22.4. The van der Waals surface area contributed by atoms with Crippen molar-refractivity contribution in [2.75, 3.05) is 0 Å². The van der Waals surface area contributed by atoms with E-state index in [9.17, 15) is 14.3 Å². The van der Waals surface area contributed by atoms with Crippen molar-refractivity contribution in [2.45, 2.75) is 19.8 Å². The highest BCUT2D eigenvalue weighted by atomic mass is 19.1. The van der Waals surface area contributed by atoms with Crippen LogP contribution in [0.25, 0.3) is 44.2 Å². The number of carboxylic acids is 1. The van der Waals surface area contributed by atoms with Crippen LogP contribution in [0, 0.1) is 5.82 Å². The number of pyridine rings is 1. The summed E-state index contributed by atoms with van der Waals surface area (Å²) in [7, 11) is 0. The van der Waals surface area contributed by atoms with Crippen molar-refractivity contribution in [3.05, 3.63) is 83.8 Å². The molecular weight excluding hydrogens is 405 g/mol. The van der Waals surface area contributed by atoms with Crippen molar-refractivity contribution < 1.29 is 14.3 Å². The first-order chi connectivity index (χ1) is 15.4. The highest BCUT2D eigenvalue weighted by Crippen LogP contribution is 2.42. The molecule has 0 radical (unpaired) electrons. The van der Waals surface area contributed by atoms with Crippen LogP contribution in [-0.2, 0) is 0 Å². The maximum atomic E-state index is 14.2. The zero-order valence-electron chi connectivity index (χ0n) is 17.6. The molecule has 5 nitrogen and oxygen atoms in total. The molecule has 5 aromatic rings. The number of aromatic nitrogens is 3. The third-order valence-corrected chi connectivity index (χ3v) is 5.68. The number of hydrogen-bond acceptors (Lipinski definition) is 3. The number of H-pyrrole nitrogens is 1. The van der Waals surface area contributed by atoms with Crippen LogP contribution in [0.5, 0.6) is 0 Å². The number of carbonyl (C=O) groups is 1. The van der Waals surface area contributed by atoms with Crippen LogP contribution < -0.4 is 0 Å². The largest absolute Gasteiger partial charge is 0.478 e. The summed E-state index contributed by atoms with van der Waals surface area (Å²) in [6.45, 7) is 4.16. The summed E-state index contributed by atoms with van der Waals surface area (Å²) < 4.78 is 14.2. The molecule has 0 amide bonds. The Bertz CT molecular complexity index is 1490. The number of hydrogen-bond donors (Lipinski definition) is 2. The number of fused-ring (bicyclic) bond motifs is 2. The van der Waals surface area contributed by atoms with Gasteiger partial charge in [-0.1, -0.05) is 38.1 Å². The minimum Gasteiger partial charge on any atom is -0.478 e. The van der Waals surface area contributed by atoms with Gasteiger partial charge in [-0.2, -0.15) is 5.10 Å². The zero-order valence-corrected chi connectivity index (χ0v) is 17.6. The van der Waals surface area contributed by atoms with Crippen LogP contribution in [0.15, 0.2) is 66.9 Å². The summed E-state index contributed by atoms with van der Waals surface area (Å²) in [5.41, 5.74) is 6.06. The Morgan fingerprint density at radius 2 is 1.81 bits per heavy atom. The van der Waals surface area contributed by atoms with Crippen molar-refractivity contribution in [1.29, 1.82) is 0 Å². The second kappa shape index (κ2) is 7.57. The monoisotopic (exact) mass is 425 g/mol. The van der Waals surface area contributed by atoms with Gasteiger partial charge in [-0.05, 0) is 59.0 Å². The Morgan fingerprint density at radius 3 is 2.50 bits per heavy atom. The fraction of sp³-hybridized carbons (Fsp3) is 0.115. The Labute approximate surface area is 183 Å². The number of aromatic amines is 1. The summed E-state index contributed by atoms with van der Waals surface area (Å²) in [6.07, 6.45) is 1.76. The average molecular weight is 425 g/mol. The molecule has 0 atom stereocenters. The van der Waals surface area contributed by atoms with E-state index in [1.54, 1.807) is 36.5 Å². The van der Waals surface area contributed by atoms with Crippen LogP contribution in [0.2, 0.25) is 0 Å².